The van der Waals surface area contributed by atoms with Crippen LogP contribution in [0.4, 0.5) is 11.5 Å². The zero-order valence-corrected chi connectivity index (χ0v) is 22.4. The number of hydrogen-bond donors (Lipinski definition) is 7. The highest BCUT2D eigenvalue weighted by Gasteiger charge is 2.44. The van der Waals surface area contributed by atoms with Gasteiger partial charge in [-0.25, -0.2) is 4.98 Å². The maximum absolute atomic E-state index is 11.8. The van der Waals surface area contributed by atoms with Gasteiger partial charge >= 0.3 is 0 Å². The molecule has 5 atom stereocenters. The maximum Gasteiger partial charge on any atom is 0.255 e. The number of aliphatic hydroxyl groups is 4. The third-order valence-corrected chi connectivity index (χ3v) is 7.63. The smallest absolute Gasteiger partial charge is 0.255 e. The number of nitrogens with two attached hydrogens (primary N) is 1. The lowest BCUT2D eigenvalue weighted by Crippen LogP contribution is -2.44. The summed E-state index contributed by atoms with van der Waals surface area (Å²) in [5, 5.41) is 52.0. The van der Waals surface area contributed by atoms with Crippen molar-refractivity contribution >= 4 is 39.5 Å². The normalized spacial score (nSPS) is 21.1. The van der Waals surface area contributed by atoms with E-state index in [9.17, 15) is 20.1 Å². The number of carbonyl (C=O) groups excluding carboxylic acids is 1. The van der Waals surface area contributed by atoms with Gasteiger partial charge in [0.05, 0.1) is 42.8 Å². The van der Waals surface area contributed by atoms with Gasteiger partial charge in [-0.2, -0.15) is 19.7 Å². The molecule has 0 unspecified atom stereocenters. The molecule has 14 nitrogen and oxygen atoms in total. The fourth-order valence-electron chi connectivity index (χ4n) is 5.51. The highest BCUT2D eigenvalue weighted by molar-refractivity contribution is 5.91. The highest BCUT2D eigenvalue weighted by Crippen LogP contribution is 2.35. The first-order valence-corrected chi connectivity index (χ1v) is 13.5. The summed E-state index contributed by atoms with van der Waals surface area (Å²) in [5.74, 6) is -0.117. The molecule has 0 spiro atoms. The number of rotatable bonds is 9. The van der Waals surface area contributed by atoms with Crippen LogP contribution in [-0.4, -0.2) is 93.1 Å². The zero-order chi connectivity index (χ0) is 29.4. The van der Waals surface area contributed by atoms with Crippen LogP contribution in [0.2, 0.25) is 0 Å². The Morgan fingerprint density at radius 1 is 1.07 bits per heavy atom. The van der Waals surface area contributed by atoms with Gasteiger partial charge in [-0.05, 0) is 30.5 Å². The second-order valence-corrected chi connectivity index (χ2v) is 10.4. The van der Waals surface area contributed by atoms with Crippen LogP contribution < -0.4 is 16.4 Å². The molecule has 0 saturated heterocycles. The quantitative estimate of drug-likeness (QED) is 0.116. The molecule has 1 fully saturated rings. The molecule has 6 rings (SSSR count). The number of anilines is 2. The molecule has 0 bridgehead atoms. The van der Waals surface area contributed by atoms with E-state index >= 15 is 0 Å². The number of nitrogens with one attached hydrogen (secondary N) is 2. The van der Waals surface area contributed by atoms with Crippen molar-refractivity contribution in [1.82, 2.24) is 34.6 Å². The molecule has 1 aliphatic rings. The average Bonchev–Trinajstić information content (AvgIpc) is 3.70. The molecule has 218 valence electrons. The summed E-state index contributed by atoms with van der Waals surface area (Å²) in [6.45, 7) is -0.918. The highest BCUT2D eigenvalue weighted by atomic mass is 16.3. The Kier molecular flexibility index (Phi) is 7.43. The number of aliphatic hydroxyl groups excluding tert-OH is 4. The SMILES string of the molecule is Nc1cccc2c1cnn2-c1nc(N[C@H](CO)Cc2ccccc2)c2ncn([C@@H]3C[C@H](NC(=O)CO)[C@@H](O)[C@H]3O)c2n1. The molecule has 8 N–H and O–H groups in total. The molecule has 1 amide bonds. The number of nitrogen functional groups attached to an aromatic ring is 1. The number of hydrogen-bond acceptors (Lipinski definition) is 11. The molecule has 2 aromatic carbocycles. The minimum absolute atomic E-state index is 0.163. The van der Waals surface area contributed by atoms with Crippen molar-refractivity contribution in [2.45, 2.75) is 43.2 Å². The second-order valence-electron chi connectivity index (χ2n) is 10.4. The lowest BCUT2D eigenvalue weighted by Gasteiger charge is -2.20. The summed E-state index contributed by atoms with van der Waals surface area (Å²) in [5.41, 5.74) is 9.13. The Morgan fingerprint density at radius 2 is 1.88 bits per heavy atom. The van der Waals surface area contributed by atoms with Gasteiger partial charge in [0, 0.05) is 11.1 Å². The molecule has 0 radical (unpaired) electrons. The van der Waals surface area contributed by atoms with Gasteiger partial charge in [0.25, 0.3) is 5.95 Å². The fraction of sp³-hybridized carbons (Fsp3) is 0.321. The average molecular weight is 574 g/mol. The van der Waals surface area contributed by atoms with E-state index in [0.717, 1.165) is 10.9 Å². The summed E-state index contributed by atoms with van der Waals surface area (Å²) in [4.78, 5) is 25.9. The van der Waals surface area contributed by atoms with E-state index in [1.807, 2.05) is 36.4 Å². The maximum atomic E-state index is 11.8. The van der Waals surface area contributed by atoms with E-state index in [4.69, 9.17) is 20.8 Å². The topological polar surface area (TPSA) is 209 Å². The number of benzene rings is 2. The Labute approximate surface area is 239 Å². The van der Waals surface area contributed by atoms with E-state index in [1.165, 1.54) is 6.33 Å². The van der Waals surface area contributed by atoms with Crippen LogP contribution in [0.5, 0.6) is 0 Å². The van der Waals surface area contributed by atoms with Crippen molar-refractivity contribution in [3.63, 3.8) is 0 Å². The van der Waals surface area contributed by atoms with Crippen molar-refractivity contribution in [3.05, 3.63) is 66.6 Å². The molecule has 5 aromatic rings. The van der Waals surface area contributed by atoms with Gasteiger partial charge in [0.15, 0.2) is 17.0 Å². The lowest BCUT2D eigenvalue weighted by molar-refractivity contribution is -0.125. The molecule has 14 heteroatoms. The third kappa shape index (κ3) is 5.00. The van der Waals surface area contributed by atoms with E-state index in [-0.39, 0.29) is 19.0 Å². The third-order valence-electron chi connectivity index (χ3n) is 7.63. The molecule has 1 saturated carbocycles. The molecule has 3 aromatic heterocycles. The van der Waals surface area contributed by atoms with Crippen LogP contribution in [0.1, 0.15) is 18.0 Å². The molecular formula is C28H31N9O5. The Bertz CT molecular complexity index is 1720. The van der Waals surface area contributed by atoms with Crippen molar-refractivity contribution in [2.75, 3.05) is 24.3 Å². The number of aromatic nitrogens is 6. The minimum Gasteiger partial charge on any atom is -0.398 e. The van der Waals surface area contributed by atoms with Gasteiger partial charge in [-0.3, -0.25) is 4.79 Å². The predicted molar refractivity (Wildman–Crippen MR) is 154 cm³/mol. The lowest BCUT2D eigenvalue weighted by atomic mass is 10.1. The van der Waals surface area contributed by atoms with Crippen LogP contribution in [0.25, 0.3) is 28.0 Å². The molecule has 0 aliphatic heterocycles. The summed E-state index contributed by atoms with van der Waals surface area (Å²) in [7, 11) is 0. The number of fused-ring (bicyclic) bond motifs is 2. The summed E-state index contributed by atoms with van der Waals surface area (Å²) < 4.78 is 3.18. The van der Waals surface area contributed by atoms with Crippen LogP contribution in [0.15, 0.2) is 61.1 Å². The summed E-state index contributed by atoms with van der Waals surface area (Å²) in [6, 6.07) is 13.2. The van der Waals surface area contributed by atoms with E-state index in [2.05, 4.69) is 20.7 Å². The zero-order valence-electron chi connectivity index (χ0n) is 22.4. The van der Waals surface area contributed by atoms with Crippen molar-refractivity contribution < 1.29 is 25.2 Å². The van der Waals surface area contributed by atoms with Crippen LogP contribution >= 0.6 is 0 Å². The first kappa shape index (κ1) is 27.5. The van der Waals surface area contributed by atoms with Gasteiger partial charge in [-0.1, -0.05) is 36.4 Å². The number of nitrogens with zero attached hydrogens (tertiary/aromatic N) is 6. The first-order chi connectivity index (χ1) is 20.4. The summed E-state index contributed by atoms with van der Waals surface area (Å²) in [6.07, 6.45) is 1.27. The number of carbonyl (C=O) groups is 1. The van der Waals surface area contributed by atoms with Crippen molar-refractivity contribution in [1.29, 1.82) is 0 Å². The van der Waals surface area contributed by atoms with Crippen molar-refractivity contribution in [3.8, 4) is 5.95 Å². The predicted octanol–water partition coefficient (Wildman–Crippen LogP) is -0.0934. The van der Waals surface area contributed by atoms with Crippen molar-refractivity contribution in [2.24, 2.45) is 0 Å². The number of amides is 1. The fourth-order valence-corrected chi connectivity index (χ4v) is 5.51. The Morgan fingerprint density at radius 3 is 2.64 bits per heavy atom. The monoisotopic (exact) mass is 573 g/mol. The van der Waals surface area contributed by atoms with Gasteiger partial charge < -0.3 is 41.4 Å². The minimum atomic E-state index is -1.27. The number of imidazole rings is 1. The largest absolute Gasteiger partial charge is 0.398 e. The molecule has 1 aliphatic carbocycles. The second kappa shape index (κ2) is 11.3. The Hall–Kier alpha value is -4.63. The molecular weight excluding hydrogens is 542 g/mol. The first-order valence-electron chi connectivity index (χ1n) is 13.5. The summed E-state index contributed by atoms with van der Waals surface area (Å²) >= 11 is 0. The Balaban J connectivity index is 1.44. The van der Waals surface area contributed by atoms with Crippen LogP contribution in [0, 0.1) is 0 Å². The van der Waals surface area contributed by atoms with E-state index in [1.54, 1.807) is 27.6 Å². The van der Waals surface area contributed by atoms with Gasteiger partial charge in [0.1, 0.15) is 18.8 Å². The van der Waals surface area contributed by atoms with E-state index < -0.39 is 42.8 Å². The standard InChI is InChI=1S/C28H31N9O5/c29-18-7-4-8-20-17(18)11-31-37(20)28-34-26(32-16(12-38)9-15-5-2-1-3-6-15)23-27(35-28)36(14-30-23)21-10-19(24(41)25(21)42)33-22(40)13-39/h1-8,11,14,16,19,21,24-25,38-39,41-42H,9-10,12-13,29H2,(H,33,40)(H,32,34,35)/t16-,19-,21+,24+,25-/m0/s1. The van der Waals surface area contributed by atoms with Crippen LogP contribution in [-0.2, 0) is 11.2 Å². The van der Waals surface area contributed by atoms with Gasteiger partial charge in [0.2, 0.25) is 5.91 Å². The molecule has 42 heavy (non-hydrogen) atoms. The van der Waals surface area contributed by atoms with Gasteiger partial charge in [-0.15, -0.1) is 0 Å². The molecule has 3 heterocycles. The van der Waals surface area contributed by atoms with Crippen LogP contribution in [0.3, 0.4) is 0 Å². The van der Waals surface area contributed by atoms with E-state index in [0.29, 0.717) is 34.6 Å².